The average molecular weight is 404 g/mol. The summed E-state index contributed by atoms with van der Waals surface area (Å²) in [5, 5.41) is 10.9. The summed E-state index contributed by atoms with van der Waals surface area (Å²) in [4.78, 5) is 10.7. The van der Waals surface area contributed by atoms with Crippen LogP contribution in [0, 0.1) is 10.1 Å². The van der Waals surface area contributed by atoms with Gasteiger partial charge in [0.25, 0.3) is 15.7 Å². The van der Waals surface area contributed by atoms with Crippen molar-refractivity contribution in [2.24, 2.45) is 4.40 Å². The van der Waals surface area contributed by atoms with E-state index in [1.807, 2.05) is 6.92 Å². The fraction of sp³-hybridized carbons (Fsp3) is 0.154. The van der Waals surface area contributed by atoms with Crippen LogP contribution >= 0.6 is 34.3 Å². The van der Waals surface area contributed by atoms with Crippen LogP contribution < -0.4 is 4.80 Å². The van der Waals surface area contributed by atoms with Crippen LogP contribution in [0.15, 0.2) is 38.9 Å². The third-order valence-corrected chi connectivity index (χ3v) is 7.32. The smallest absolute Gasteiger partial charge is 0.294 e. The first-order valence-corrected chi connectivity index (χ1v) is 10.1. The normalized spacial score (nSPS) is 12.8. The van der Waals surface area contributed by atoms with Crippen molar-refractivity contribution in [3.05, 3.63) is 49.6 Å². The summed E-state index contributed by atoms with van der Waals surface area (Å²) < 4.78 is 31.4. The third kappa shape index (κ3) is 3.09. The minimum Gasteiger partial charge on any atom is -0.316 e. The number of aryl methyl sites for hydroxylation is 1. The van der Waals surface area contributed by atoms with Gasteiger partial charge in [0.2, 0.25) is 4.80 Å². The number of sulfonamides is 1. The highest BCUT2D eigenvalue weighted by atomic mass is 35.5. The molecule has 24 heavy (non-hydrogen) atoms. The van der Waals surface area contributed by atoms with Crippen LogP contribution in [0.1, 0.15) is 6.92 Å². The number of thiophene rings is 1. The molecule has 3 rings (SSSR count). The number of aromatic nitrogens is 1. The number of hydrogen-bond acceptors (Lipinski definition) is 6. The molecule has 0 saturated carbocycles. The second kappa shape index (κ2) is 6.28. The molecule has 0 N–H and O–H groups in total. The van der Waals surface area contributed by atoms with Gasteiger partial charge < -0.3 is 4.57 Å². The van der Waals surface area contributed by atoms with E-state index in [-0.39, 0.29) is 14.7 Å². The molecule has 126 valence electrons. The lowest BCUT2D eigenvalue weighted by atomic mass is 10.3. The van der Waals surface area contributed by atoms with Gasteiger partial charge >= 0.3 is 0 Å². The van der Waals surface area contributed by atoms with Crippen molar-refractivity contribution in [3.63, 3.8) is 0 Å². The quantitative estimate of drug-likeness (QED) is 0.490. The van der Waals surface area contributed by atoms with Crippen molar-refractivity contribution in [1.29, 1.82) is 0 Å². The topological polar surface area (TPSA) is 94.6 Å². The average Bonchev–Trinajstić information content (AvgIpc) is 3.09. The van der Waals surface area contributed by atoms with E-state index in [1.165, 1.54) is 24.3 Å². The Morgan fingerprint density at radius 3 is 2.62 bits per heavy atom. The Morgan fingerprint density at radius 2 is 2.04 bits per heavy atom. The van der Waals surface area contributed by atoms with Crippen LogP contribution in [0.5, 0.6) is 0 Å². The van der Waals surface area contributed by atoms with Crippen LogP contribution in [0.3, 0.4) is 0 Å². The SMILES string of the molecule is CCn1c(=NS(=O)(=O)c2ccc(Cl)s2)sc2cc([N+](=O)[O-])ccc21. The van der Waals surface area contributed by atoms with Gasteiger partial charge in [-0.25, -0.2) is 0 Å². The van der Waals surface area contributed by atoms with Crippen molar-refractivity contribution >= 4 is 60.2 Å². The maximum absolute atomic E-state index is 12.4. The van der Waals surface area contributed by atoms with Crippen molar-refractivity contribution in [1.82, 2.24) is 4.57 Å². The monoisotopic (exact) mass is 403 g/mol. The first-order chi connectivity index (χ1) is 11.3. The Labute approximate surface area is 149 Å². The summed E-state index contributed by atoms with van der Waals surface area (Å²) in [5.74, 6) is 0. The molecule has 0 aliphatic heterocycles. The highest BCUT2D eigenvalue weighted by molar-refractivity contribution is 7.92. The number of nitro benzene ring substituents is 1. The summed E-state index contributed by atoms with van der Waals surface area (Å²) in [6.07, 6.45) is 0. The number of nitro groups is 1. The minimum atomic E-state index is -3.88. The van der Waals surface area contributed by atoms with E-state index in [1.54, 1.807) is 10.6 Å². The van der Waals surface area contributed by atoms with E-state index >= 15 is 0 Å². The molecule has 2 aromatic heterocycles. The van der Waals surface area contributed by atoms with E-state index in [0.29, 0.717) is 21.1 Å². The predicted octanol–water partition coefficient (Wildman–Crippen LogP) is 3.64. The van der Waals surface area contributed by atoms with Crippen molar-refractivity contribution in [2.75, 3.05) is 0 Å². The highest BCUT2D eigenvalue weighted by Gasteiger charge is 2.17. The van der Waals surface area contributed by atoms with E-state index in [2.05, 4.69) is 4.40 Å². The molecule has 0 atom stereocenters. The second-order valence-electron chi connectivity index (χ2n) is 4.66. The predicted molar refractivity (Wildman–Crippen MR) is 94.2 cm³/mol. The zero-order valence-corrected chi connectivity index (χ0v) is 15.4. The Hall–Kier alpha value is -1.75. The summed E-state index contributed by atoms with van der Waals surface area (Å²) in [6, 6.07) is 7.30. The van der Waals surface area contributed by atoms with Gasteiger partial charge in [-0.3, -0.25) is 10.1 Å². The van der Waals surface area contributed by atoms with Gasteiger partial charge in [-0.1, -0.05) is 22.9 Å². The lowest BCUT2D eigenvalue weighted by molar-refractivity contribution is -0.384. The molecule has 0 aliphatic rings. The Kier molecular flexibility index (Phi) is 4.47. The highest BCUT2D eigenvalue weighted by Crippen LogP contribution is 2.27. The Balaban J connectivity index is 2.23. The number of fused-ring (bicyclic) bond motifs is 1. The van der Waals surface area contributed by atoms with Gasteiger partial charge in [-0.15, -0.1) is 15.7 Å². The molecule has 2 heterocycles. The molecule has 0 fully saturated rings. The largest absolute Gasteiger partial charge is 0.316 e. The lowest BCUT2D eigenvalue weighted by Crippen LogP contribution is -2.15. The number of nitrogens with zero attached hydrogens (tertiary/aromatic N) is 3. The second-order valence-corrected chi connectivity index (χ2v) is 9.22. The van der Waals surface area contributed by atoms with Crippen molar-refractivity contribution in [2.45, 2.75) is 17.7 Å². The molecule has 0 spiro atoms. The van der Waals surface area contributed by atoms with Gasteiger partial charge in [0, 0.05) is 18.7 Å². The molecule has 3 aromatic rings. The Morgan fingerprint density at radius 1 is 1.29 bits per heavy atom. The fourth-order valence-corrected chi connectivity index (χ4v) is 5.93. The number of thiazole rings is 1. The minimum absolute atomic E-state index is 0.0496. The zero-order chi connectivity index (χ0) is 17.5. The molecule has 0 unspecified atom stereocenters. The number of halogens is 1. The van der Waals surface area contributed by atoms with Gasteiger partial charge in [0.1, 0.15) is 4.21 Å². The summed E-state index contributed by atoms with van der Waals surface area (Å²) >= 11 is 7.81. The molecule has 0 radical (unpaired) electrons. The van der Waals surface area contributed by atoms with Gasteiger partial charge in [0.05, 0.1) is 19.5 Å². The Bertz CT molecular complexity index is 1110. The van der Waals surface area contributed by atoms with Crippen LogP contribution in [0.2, 0.25) is 4.34 Å². The third-order valence-electron chi connectivity index (χ3n) is 3.19. The van der Waals surface area contributed by atoms with E-state index in [9.17, 15) is 18.5 Å². The standard InChI is InChI=1S/C13H10ClN3O4S3/c1-2-16-9-4-3-8(17(18)19)7-10(9)22-13(16)15-24(20,21)12-6-5-11(14)23-12/h3-7H,2H2,1H3. The molecule has 0 amide bonds. The molecule has 0 saturated heterocycles. The summed E-state index contributed by atoms with van der Waals surface area (Å²) in [7, 11) is -3.88. The molecular formula is C13H10ClN3O4S3. The van der Waals surface area contributed by atoms with E-state index < -0.39 is 14.9 Å². The maximum atomic E-state index is 12.4. The number of non-ortho nitro benzene ring substituents is 1. The van der Waals surface area contributed by atoms with Crippen molar-refractivity contribution < 1.29 is 13.3 Å². The van der Waals surface area contributed by atoms with E-state index in [0.717, 1.165) is 22.7 Å². The number of rotatable bonds is 4. The van der Waals surface area contributed by atoms with Crippen LogP contribution in [0.25, 0.3) is 10.2 Å². The molecule has 0 aliphatic carbocycles. The van der Waals surface area contributed by atoms with Crippen LogP contribution in [0.4, 0.5) is 5.69 Å². The molecule has 1 aromatic carbocycles. The lowest BCUT2D eigenvalue weighted by Gasteiger charge is -2.00. The summed E-state index contributed by atoms with van der Waals surface area (Å²) in [5.41, 5.74) is 0.651. The first kappa shape index (κ1) is 17.1. The molecule has 7 nitrogen and oxygen atoms in total. The first-order valence-electron chi connectivity index (χ1n) is 6.66. The molecule has 11 heteroatoms. The molecular weight excluding hydrogens is 394 g/mol. The van der Waals surface area contributed by atoms with Gasteiger partial charge in [-0.05, 0) is 25.1 Å². The van der Waals surface area contributed by atoms with Crippen LogP contribution in [-0.2, 0) is 16.6 Å². The molecule has 0 bridgehead atoms. The van der Waals surface area contributed by atoms with Crippen molar-refractivity contribution in [3.8, 4) is 0 Å². The fourth-order valence-electron chi connectivity index (χ4n) is 2.14. The van der Waals surface area contributed by atoms with Gasteiger partial charge in [0.15, 0.2) is 0 Å². The summed E-state index contributed by atoms with van der Waals surface area (Å²) in [6.45, 7) is 2.33. The van der Waals surface area contributed by atoms with Gasteiger partial charge in [-0.2, -0.15) is 8.42 Å². The van der Waals surface area contributed by atoms with Crippen LogP contribution in [-0.4, -0.2) is 17.9 Å². The van der Waals surface area contributed by atoms with E-state index in [4.69, 9.17) is 11.6 Å². The number of benzene rings is 1. The maximum Gasteiger partial charge on any atom is 0.294 e. The number of hydrogen-bond donors (Lipinski definition) is 0. The zero-order valence-electron chi connectivity index (χ0n) is 12.2.